The molecule has 25 heavy (non-hydrogen) atoms. The van der Waals surface area contributed by atoms with Crippen molar-refractivity contribution in [2.24, 2.45) is 0 Å². The molecule has 1 saturated heterocycles. The summed E-state index contributed by atoms with van der Waals surface area (Å²) >= 11 is 5.56. The van der Waals surface area contributed by atoms with Crippen molar-refractivity contribution in [3.05, 3.63) is 66.1 Å². The minimum atomic E-state index is 0.376. The van der Waals surface area contributed by atoms with Crippen LogP contribution in [0.15, 0.2) is 59.0 Å². The van der Waals surface area contributed by atoms with Crippen LogP contribution < -0.4 is 5.32 Å². The number of thiocarbonyl (C=S) groups is 1. The first kappa shape index (κ1) is 16.1. The number of hydrogen-bond donors (Lipinski definition) is 1. The summed E-state index contributed by atoms with van der Waals surface area (Å²) in [6, 6.07) is 18.3. The first-order valence-corrected chi connectivity index (χ1v) is 9.12. The molecule has 1 aliphatic rings. The van der Waals surface area contributed by atoms with Gasteiger partial charge in [-0.1, -0.05) is 42.5 Å². The van der Waals surface area contributed by atoms with Crippen LogP contribution in [0.5, 0.6) is 0 Å². The van der Waals surface area contributed by atoms with Crippen LogP contribution in [-0.2, 0) is 6.54 Å². The minimum absolute atomic E-state index is 0.376. The Kier molecular flexibility index (Phi) is 4.65. The van der Waals surface area contributed by atoms with Crippen LogP contribution >= 0.6 is 12.2 Å². The number of benzene rings is 2. The van der Waals surface area contributed by atoms with Crippen LogP contribution in [0.3, 0.4) is 0 Å². The van der Waals surface area contributed by atoms with Gasteiger partial charge in [-0.15, -0.1) is 0 Å². The maximum Gasteiger partial charge on any atom is 0.198 e. The van der Waals surface area contributed by atoms with Crippen LogP contribution in [0, 0.1) is 0 Å². The molecule has 2 aromatic carbocycles. The molecule has 1 aromatic heterocycles. The SMILES string of the molecule is S=C(NCc1ccccc1)N1CCC(c2nc3ccccc3o2)CC1. The molecule has 0 bridgehead atoms. The molecule has 128 valence electrons. The van der Waals surface area contributed by atoms with Crippen molar-refractivity contribution in [2.45, 2.75) is 25.3 Å². The lowest BCUT2D eigenvalue weighted by Gasteiger charge is -2.32. The van der Waals surface area contributed by atoms with Gasteiger partial charge in [0.15, 0.2) is 16.6 Å². The Morgan fingerprint density at radius 3 is 2.56 bits per heavy atom. The number of nitrogens with zero attached hydrogens (tertiary/aromatic N) is 2. The second-order valence-electron chi connectivity index (χ2n) is 6.43. The average molecular weight is 351 g/mol. The third-order valence-electron chi connectivity index (χ3n) is 4.73. The van der Waals surface area contributed by atoms with Gasteiger partial charge in [0, 0.05) is 25.6 Å². The van der Waals surface area contributed by atoms with Crippen molar-refractivity contribution in [3.63, 3.8) is 0 Å². The fraction of sp³-hybridized carbons (Fsp3) is 0.300. The zero-order valence-electron chi connectivity index (χ0n) is 14.0. The molecule has 0 atom stereocenters. The van der Waals surface area contributed by atoms with E-state index in [1.54, 1.807) is 0 Å². The predicted molar refractivity (Wildman–Crippen MR) is 103 cm³/mol. The van der Waals surface area contributed by atoms with E-state index in [2.05, 4.69) is 27.3 Å². The molecule has 0 aliphatic carbocycles. The molecule has 0 radical (unpaired) electrons. The van der Waals surface area contributed by atoms with E-state index in [1.807, 2.05) is 42.5 Å². The fourth-order valence-electron chi connectivity index (χ4n) is 3.28. The van der Waals surface area contributed by atoms with Crippen molar-refractivity contribution >= 4 is 28.4 Å². The molecule has 4 rings (SSSR count). The summed E-state index contributed by atoms with van der Waals surface area (Å²) in [4.78, 5) is 6.90. The standard InChI is InChI=1S/C20H21N3OS/c25-20(21-14-15-6-2-1-3-7-15)23-12-10-16(11-13-23)19-22-17-8-4-5-9-18(17)24-19/h1-9,16H,10-14H2,(H,21,25). The van der Waals surface area contributed by atoms with Crippen molar-refractivity contribution in [2.75, 3.05) is 13.1 Å². The molecule has 0 unspecified atom stereocenters. The third-order valence-corrected chi connectivity index (χ3v) is 5.13. The molecule has 5 heteroatoms. The molecule has 1 fully saturated rings. The van der Waals surface area contributed by atoms with Crippen LogP contribution in [0.2, 0.25) is 0 Å². The van der Waals surface area contributed by atoms with E-state index in [9.17, 15) is 0 Å². The highest BCUT2D eigenvalue weighted by molar-refractivity contribution is 7.80. The Morgan fingerprint density at radius 1 is 1.08 bits per heavy atom. The smallest absolute Gasteiger partial charge is 0.198 e. The highest BCUT2D eigenvalue weighted by Crippen LogP contribution is 2.29. The maximum absolute atomic E-state index is 5.93. The summed E-state index contributed by atoms with van der Waals surface area (Å²) < 4.78 is 5.93. The topological polar surface area (TPSA) is 41.3 Å². The van der Waals surface area contributed by atoms with E-state index in [1.165, 1.54) is 5.56 Å². The van der Waals surface area contributed by atoms with Gasteiger partial charge in [-0.3, -0.25) is 0 Å². The molecule has 0 amide bonds. The van der Waals surface area contributed by atoms with E-state index in [0.717, 1.165) is 54.6 Å². The Labute approximate surface area is 152 Å². The average Bonchev–Trinajstić information content (AvgIpc) is 3.11. The molecule has 4 nitrogen and oxygen atoms in total. The molecule has 0 saturated carbocycles. The molecular formula is C20H21N3OS. The Balaban J connectivity index is 1.32. The van der Waals surface area contributed by atoms with Gasteiger partial charge in [0.05, 0.1) is 0 Å². The summed E-state index contributed by atoms with van der Waals surface area (Å²) in [5, 5.41) is 4.20. The summed E-state index contributed by atoms with van der Waals surface area (Å²) in [5.41, 5.74) is 3.06. The molecule has 1 aliphatic heterocycles. The van der Waals surface area contributed by atoms with Crippen LogP contribution in [0.1, 0.15) is 30.2 Å². The van der Waals surface area contributed by atoms with E-state index < -0.39 is 0 Å². The van der Waals surface area contributed by atoms with Crippen LogP contribution in [-0.4, -0.2) is 28.1 Å². The van der Waals surface area contributed by atoms with Gasteiger partial charge in [0.1, 0.15) is 5.52 Å². The first-order chi connectivity index (χ1) is 12.3. The van der Waals surface area contributed by atoms with Crippen LogP contribution in [0.4, 0.5) is 0 Å². The Bertz CT molecular complexity index is 821. The minimum Gasteiger partial charge on any atom is -0.440 e. The lowest BCUT2D eigenvalue weighted by atomic mass is 9.97. The lowest BCUT2D eigenvalue weighted by Crippen LogP contribution is -2.43. The molecule has 1 N–H and O–H groups in total. The molecule has 2 heterocycles. The normalized spacial score (nSPS) is 15.4. The number of oxazole rings is 1. The lowest BCUT2D eigenvalue weighted by molar-refractivity contribution is 0.284. The van der Waals surface area contributed by atoms with Crippen LogP contribution in [0.25, 0.3) is 11.1 Å². The van der Waals surface area contributed by atoms with Gasteiger partial charge in [0.2, 0.25) is 0 Å². The molecule has 0 spiro atoms. The van der Waals surface area contributed by atoms with Crippen molar-refractivity contribution < 1.29 is 4.42 Å². The van der Waals surface area contributed by atoms with Crippen molar-refractivity contribution in [3.8, 4) is 0 Å². The van der Waals surface area contributed by atoms with Gasteiger partial charge in [0.25, 0.3) is 0 Å². The third kappa shape index (κ3) is 3.66. The monoisotopic (exact) mass is 351 g/mol. The number of aromatic nitrogens is 1. The molecular weight excluding hydrogens is 330 g/mol. The second kappa shape index (κ2) is 7.23. The first-order valence-electron chi connectivity index (χ1n) is 8.72. The number of hydrogen-bond acceptors (Lipinski definition) is 3. The van der Waals surface area contributed by atoms with E-state index >= 15 is 0 Å². The highest BCUT2D eigenvalue weighted by Gasteiger charge is 2.25. The number of fused-ring (bicyclic) bond motifs is 1. The fourth-order valence-corrected chi connectivity index (χ4v) is 3.53. The largest absolute Gasteiger partial charge is 0.440 e. The van der Waals surface area contributed by atoms with E-state index in [-0.39, 0.29) is 0 Å². The van der Waals surface area contributed by atoms with E-state index in [0.29, 0.717) is 5.92 Å². The Hall–Kier alpha value is -2.40. The number of likely N-dealkylation sites (tertiary alicyclic amines) is 1. The molecule has 3 aromatic rings. The van der Waals surface area contributed by atoms with Crippen molar-refractivity contribution in [1.29, 1.82) is 0 Å². The second-order valence-corrected chi connectivity index (χ2v) is 6.81. The van der Waals surface area contributed by atoms with Gasteiger partial charge in [-0.25, -0.2) is 4.98 Å². The number of piperidine rings is 1. The van der Waals surface area contributed by atoms with E-state index in [4.69, 9.17) is 16.6 Å². The highest BCUT2D eigenvalue weighted by atomic mass is 32.1. The summed E-state index contributed by atoms with van der Waals surface area (Å²) in [6.07, 6.45) is 2.03. The van der Waals surface area contributed by atoms with Crippen molar-refractivity contribution in [1.82, 2.24) is 15.2 Å². The number of rotatable bonds is 3. The maximum atomic E-state index is 5.93. The van der Waals surface area contributed by atoms with Gasteiger partial charge in [-0.2, -0.15) is 0 Å². The summed E-state index contributed by atoms with van der Waals surface area (Å²) in [7, 11) is 0. The van der Waals surface area contributed by atoms with Gasteiger partial charge < -0.3 is 14.6 Å². The number of para-hydroxylation sites is 2. The van der Waals surface area contributed by atoms with Gasteiger partial charge in [-0.05, 0) is 42.8 Å². The van der Waals surface area contributed by atoms with Gasteiger partial charge >= 0.3 is 0 Å². The zero-order valence-corrected chi connectivity index (χ0v) is 14.8. The predicted octanol–water partition coefficient (Wildman–Crippen LogP) is 4.08. The summed E-state index contributed by atoms with van der Waals surface area (Å²) in [5.74, 6) is 1.24. The number of nitrogens with one attached hydrogen (secondary N) is 1. The quantitative estimate of drug-likeness (QED) is 0.720. The Morgan fingerprint density at radius 2 is 1.80 bits per heavy atom. The zero-order chi connectivity index (χ0) is 17.1. The summed E-state index contributed by atoms with van der Waals surface area (Å²) in [6.45, 7) is 2.64.